The number of carbonyl (C=O) groups excluding carboxylic acids is 1. The van der Waals surface area contributed by atoms with Crippen molar-refractivity contribution in [2.24, 2.45) is 5.92 Å². The van der Waals surface area contributed by atoms with Crippen LogP contribution < -0.4 is 9.64 Å². The van der Waals surface area contributed by atoms with Gasteiger partial charge in [-0.2, -0.15) is 0 Å². The number of aliphatic carboxylic acids is 1. The largest absolute Gasteiger partial charge is 0.481 e. The SMILES string of the molecule is Cc1ccc2c(c1)OC(CC(=O)O)C(=O)N2CC(C)C. The van der Waals surface area contributed by atoms with Gasteiger partial charge in [-0.1, -0.05) is 19.9 Å². The number of carbonyl (C=O) groups is 2. The first-order chi connectivity index (χ1) is 9.38. The molecule has 2 rings (SSSR count). The Morgan fingerprint density at radius 3 is 2.75 bits per heavy atom. The predicted molar refractivity (Wildman–Crippen MR) is 75.0 cm³/mol. The van der Waals surface area contributed by atoms with E-state index in [4.69, 9.17) is 9.84 Å². The van der Waals surface area contributed by atoms with Gasteiger partial charge in [-0.25, -0.2) is 0 Å². The number of rotatable bonds is 4. The lowest BCUT2D eigenvalue weighted by atomic mass is 10.1. The lowest BCUT2D eigenvalue weighted by Crippen LogP contribution is -2.48. The number of carboxylic acid groups (broad SMARTS) is 1. The van der Waals surface area contributed by atoms with Gasteiger partial charge in [0.05, 0.1) is 12.1 Å². The lowest BCUT2D eigenvalue weighted by Gasteiger charge is -2.35. The van der Waals surface area contributed by atoms with Gasteiger partial charge in [0.15, 0.2) is 6.10 Å². The van der Waals surface area contributed by atoms with Gasteiger partial charge in [0.2, 0.25) is 0 Å². The van der Waals surface area contributed by atoms with Crippen molar-refractivity contribution < 1.29 is 19.4 Å². The molecule has 1 aromatic rings. The van der Waals surface area contributed by atoms with E-state index in [0.717, 1.165) is 11.3 Å². The Hall–Kier alpha value is -2.04. The summed E-state index contributed by atoms with van der Waals surface area (Å²) in [6.45, 7) is 6.51. The van der Waals surface area contributed by atoms with Crippen LogP contribution in [0.25, 0.3) is 0 Å². The number of anilines is 1. The van der Waals surface area contributed by atoms with Gasteiger partial charge in [-0.3, -0.25) is 9.59 Å². The van der Waals surface area contributed by atoms with Crippen LogP contribution in [-0.2, 0) is 9.59 Å². The number of nitrogens with zero attached hydrogens (tertiary/aromatic N) is 1. The molecular weight excluding hydrogens is 258 g/mol. The third-order valence-corrected chi connectivity index (χ3v) is 3.12. The zero-order valence-corrected chi connectivity index (χ0v) is 11.9. The molecule has 1 unspecified atom stereocenters. The van der Waals surface area contributed by atoms with Gasteiger partial charge in [-0.05, 0) is 30.5 Å². The van der Waals surface area contributed by atoms with Crippen molar-refractivity contribution in [3.05, 3.63) is 23.8 Å². The highest BCUT2D eigenvalue weighted by Gasteiger charge is 2.35. The molecule has 20 heavy (non-hydrogen) atoms. The summed E-state index contributed by atoms with van der Waals surface area (Å²) < 4.78 is 5.58. The molecule has 108 valence electrons. The van der Waals surface area contributed by atoms with E-state index < -0.39 is 12.1 Å². The smallest absolute Gasteiger partial charge is 0.307 e. The number of hydrogen-bond donors (Lipinski definition) is 1. The van der Waals surface area contributed by atoms with E-state index in [0.29, 0.717) is 12.3 Å². The summed E-state index contributed by atoms with van der Waals surface area (Å²) in [4.78, 5) is 24.9. The van der Waals surface area contributed by atoms with Gasteiger partial charge in [0, 0.05) is 6.54 Å². The Balaban J connectivity index is 2.38. The standard InChI is InChI=1S/C15H19NO4/c1-9(2)8-16-11-5-4-10(3)6-12(11)20-13(15(16)19)7-14(17)18/h4-6,9,13H,7-8H2,1-3H3,(H,17,18). The van der Waals surface area contributed by atoms with E-state index in [1.807, 2.05) is 39.0 Å². The molecular formula is C15H19NO4. The number of benzene rings is 1. The fraction of sp³-hybridized carbons (Fsp3) is 0.467. The van der Waals surface area contributed by atoms with Crippen molar-refractivity contribution in [1.29, 1.82) is 0 Å². The first-order valence-electron chi connectivity index (χ1n) is 6.69. The number of ether oxygens (including phenoxy) is 1. The van der Waals surface area contributed by atoms with E-state index in [2.05, 4.69) is 0 Å². The van der Waals surface area contributed by atoms with Crippen LogP contribution >= 0.6 is 0 Å². The van der Waals surface area contributed by atoms with Crippen LogP contribution in [0.4, 0.5) is 5.69 Å². The van der Waals surface area contributed by atoms with E-state index in [9.17, 15) is 9.59 Å². The Labute approximate surface area is 118 Å². The molecule has 5 heteroatoms. The Morgan fingerprint density at radius 2 is 2.15 bits per heavy atom. The Morgan fingerprint density at radius 1 is 1.45 bits per heavy atom. The van der Waals surface area contributed by atoms with Crippen LogP contribution in [0.1, 0.15) is 25.8 Å². The third kappa shape index (κ3) is 2.92. The minimum atomic E-state index is -1.04. The monoisotopic (exact) mass is 277 g/mol. The van der Waals surface area contributed by atoms with Gasteiger partial charge < -0.3 is 14.7 Å². The molecule has 1 heterocycles. The average Bonchev–Trinajstić information content (AvgIpc) is 2.33. The van der Waals surface area contributed by atoms with E-state index in [1.54, 1.807) is 4.90 Å². The molecule has 1 aromatic carbocycles. The van der Waals surface area contributed by atoms with Crippen LogP contribution in [0.5, 0.6) is 5.75 Å². The maximum Gasteiger partial charge on any atom is 0.307 e. The van der Waals surface area contributed by atoms with Crippen LogP contribution in [-0.4, -0.2) is 29.6 Å². The second-order valence-corrected chi connectivity index (χ2v) is 5.52. The van der Waals surface area contributed by atoms with Gasteiger partial charge in [0.25, 0.3) is 5.91 Å². The molecule has 0 radical (unpaired) electrons. The summed E-state index contributed by atoms with van der Waals surface area (Å²) in [5.74, 6) is -0.449. The minimum Gasteiger partial charge on any atom is -0.481 e. The zero-order valence-electron chi connectivity index (χ0n) is 11.9. The summed E-state index contributed by atoms with van der Waals surface area (Å²) in [6.07, 6.45) is -1.26. The van der Waals surface area contributed by atoms with Crippen LogP contribution in [0.3, 0.4) is 0 Å². The number of carboxylic acids is 1. The highest BCUT2D eigenvalue weighted by atomic mass is 16.5. The van der Waals surface area contributed by atoms with Crippen molar-refractivity contribution >= 4 is 17.6 Å². The Bertz CT molecular complexity index is 539. The van der Waals surface area contributed by atoms with Crippen molar-refractivity contribution in [2.75, 3.05) is 11.4 Å². The molecule has 0 saturated heterocycles. The van der Waals surface area contributed by atoms with Crippen LogP contribution in [0.15, 0.2) is 18.2 Å². The molecule has 1 aliphatic rings. The summed E-state index contributed by atoms with van der Waals surface area (Å²) in [7, 11) is 0. The molecule has 1 atom stereocenters. The first-order valence-corrected chi connectivity index (χ1v) is 6.69. The predicted octanol–water partition coefficient (Wildman–Crippen LogP) is 2.22. The van der Waals surface area contributed by atoms with Crippen molar-refractivity contribution in [1.82, 2.24) is 0 Å². The average molecular weight is 277 g/mol. The van der Waals surface area contributed by atoms with E-state index >= 15 is 0 Å². The molecule has 1 amide bonds. The van der Waals surface area contributed by atoms with Crippen molar-refractivity contribution in [3.8, 4) is 5.75 Å². The first kappa shape index (κ1) is 14.4. The maximum absolute atomic E-state index is 12.4. The fourth-order valence-corrected chi connectivity index (χ4v) is 2.28. The number of fused-ring (bicyclic) bond motifs is 1. The minimum absolute atomic E-state index is 0.280. The molecule has 0 saturated carbocycles. The molecule has 5 nitrogen and oxygen atoms in total. The van der Waals surface area contributed by atoms with Crippen molar-refractivity contribution in [3.63, 3.8) is 0 Å². The Kier molecular flexibility index (Phi) is 3.97. The van der Waals surface area contributed by atoms with Crippen LogP contribution in [0, 0.1) is 12.8 Å². The van der Waals surface area contributed by atoms with Gasteiger partial charge >= 0.3 is 5.97 Å². The van der Waals surface area contributed by atoms with Gasteiger partial charge in [0.1, 0.15) is 5.75 Å². The molecule has 0 spiro atoms. The molecule has 0 aromatic heterocycles. The number of aryl methyl sites for hydroxylation is 1. The summed E-state index contributed by atoms with van der Waals surface area (Å²) >= 11 is 0. The second-order valence-electron chi connectivity index (χ2n) is 5.52. The number of hydrogen-bond acceptors (Lipinski definition) is 3. The second kappa shape index (κ2) is 5.53. The van der Waals surface area contributed by atoms with E-state index in [-0.39, 0.29) is 18.2 Å². The van der Waals surface area contributed by atoms with Crippen LogP contribution in [0.2, 0.25) is 0 Å². The summed E-state index contributed by atoms with van der Waals surface area (Å²) in [6, 6.07) is 5.60. The normalized spacial score (nSPS) is 17.9. The molecule has 1 N–H and O–H groups in total. The maximum atomic E-state index is 12.4. The fourth-order valence-electron chi connectivity index (χ4n) is 2.28. The van der Waals surface area contributed by atoms with E-state index in [1.165, 1.54) is 0 Å². The summed E-state index contributed by atoms with van der Waals surface area (Å²) in [5, 5.41) is 8.90. The molecule has 0 aliphatic carbocycles. The third-order valence-electron chi connectivity index (χ3n) is 3.12. The molecule has 0 fully saturated rings. The number of amides is 1. The topological polar surface area (TPSA) is 66.8 Å². The lowest BCUT2D eigenvalue weighted by molar-refractivity contribution is -0.142. The quantitative estimate of drug-likeness (QED) is 0.916. The summed E-state index contributed by atoms with van der Waals surface area (Å²) in [5.41, 5.74) is 1.73. The van der Waals surface area contributed by atoms with Crippen molar-refractivity contribution in [2.45, 2.75) is 33.3 Å². The highest BCUT2D eigenvalue weighted by molar-refractivity contribution is 6.01. The zero-order chi connectivity index (χ0) is 14.9. The molecule has 1 aliphatic heterocycles. The van der Waals surface area contributed by atoms with Gasteiger partial charge in [-0.15, -0.1) is 0 Å². The highest BCUT2D eigenvalue weighted by Crippen LogP contribution is 2.35. The molecule has 0 bridgehead atoms.